The Morgan fingerprint density at radius 3 is 2.47 bits per heavy atom. The van der Waals surface area contributed by atoms with Gasteiger partial charge >= 0.3 is 0 Å². The van der Waals surface area contributed by atoms with Crippen LogP contribution in [0, 0.1) is 6.92 Å². The van der Waals surface area contributed by atoms with Crippen LogP contribution >= 0.6 is 46.6 Å². The van der Waals surface area contributed by atoms with Gasteiger partial charge in [-0.15, -0.1) is 10.2 Å². The number of anilines is 1. The van der Waals surface area contributed by atoms with Crippen molar-refractivity contribution in [3.63, 3.8) is 0 Å². The summed E-state index contributed by atoms with van der Waals surface area (Å²) < 4.78 is 1.74. The van der Waals surface area contributed by atoms with Gasteiger partial charge in [0.15, 0.2) is 11.0 Å². The smallest absolute Gasteiger partial charge is 0.251 e. The number of nitrogens with one attached hydrogen (secondary N) is 2. The van der Waals surface area contributed by atoms with E-state index in [-0.39, 0.29) is 33.7 Å². The maximum atomic E-state index is 12.5. The number of nitrogens with zero attached hydrogens (tertiary/aromatic N) is 3. The summed E-state index contributed by atoms with van der Waals surface area (Å²) in [5.41, 5.74) is 1.88. The quantitative estimate of drug-likeness (QED) is 0.419. The summed E-state index contributed by atoms with van der Waals surface area (Å²) in [6.45, 7) is 3.75. The number of aryl methyl sites for hydroxylation is 1. The zero-order valence-electron chi connectivity index (χ0n) is 17.4. The number of amides is 2. The third-order valence-corrected chi connectivity index (χ3v) is 6.32. The Bertz CT molecular complexity index is 1150. The second kappa shape index (κ2) is 10.6. The van der Waals surface area contributed by atoms with Gasteiger partial charge in [0, 0.05) is 17.6 Å². The van der Waals surface area contributed by atoms with Crippen LogP contribution in [0.25, 0.3) is 0 Å². The van der Waals surface area contributed by atoms with Crippen LogP contribution in [0.4, 0.5) is 5.69 Å². The zero-order valence-corrected chi connectivity index (χ0v) is 20.5. The molecule has 0 aliphatic carbocycles. The first-order valence-corrected chi connectivity index (χ1v) is 11.6. The third kappa shape index (κ3) is 5.95. The normalized spacial score (nSPS) is 11.8. The lowest BCUT2D eigenvalue weighted by molar-refractivity contribution is -0.113. The molecule has 11 heteroatoms. The van der Waals surface area contributed by atoms with Gasteiger partial charge in [0.1, 0.15) is 0 Å². The number of rotatable bonds is 7. The molecule has 0 aliphatic heterocycles. The third-order valence-electron chi connectivity index (χ3n) is 4.49. The highest BCUT2D eigenvalue weighted by molar-refractivity contribution is 7.99. The molecule has 0 aliphatic rings. The van der Waals surface area contributed by atoms with Crippen LogP contribution in [0.3, 0.4) is 0 Å². The maximum absolute atomic E-state index is 12.5. The van der Waals surface area contributed by atoms with E-state index in [0.717, 1.165) is 5.56 Å². The van der Waals surface area contributed by atoms with Crippen molar-refractivity contribution in [1.29, 1.82) is 0 Å². The summed E-state index contributed by atoms with van der Waals surface area (Å²) >= 11 is 19.3. The van der Waals surface area contributed by atoms with Gasteiger partial charge in [0.25, 0.3) is 5.91 Å². The molecule has 0 bridgehead atoms. The van der Waals surface area contributed by atoms with Crippen LogP contribution in [-0.4, -0.2) is 32.3 Å². The van der Waals surface area contributed by atoms with Gasteiger partial charge in [-0.2, -0.15) is 0 Å². The Balaban J connectivity index is 1.61. The van der Waals surface area contributed by atoms with Crippen molar-refractivity contribution >= 4 is 64.1 Å². The van der Waals surface area contributed by atoms with Crippen molar-refractivity contribution in [2.45, 2.75) is 25.0 Å². The monoisotopic (exact) mass is 511 g/mol. The molecule has 2 aromatic carbocycles. The molecular weight excluding hydrogens is 493 g/mol. The van der Waals surface area contributed by atoms with E-state index in [1.807, 2.05) is 32.0 Å². The standard InChI is InChI=1S/C21H20Cl3N5O2S/c1-11-5-4-6-13(7-11)20(31)25-12(2)19-27-28-21(29(19)3)32-10-17(30)26-18-15(23)8-14(22)9-16(18)24/h4-9,12H,10H2,1-3H3,(H,25,31)(H,26,30)/t12-/m1/s1. The molecule has 0 spiro atoms. The van der Waals surface area contributed by atoms with Crippen LogP contribution in [-0.2, 0) is 11.8 Å². The van der Waals surface area contributed by atoms with Gasteiger partial charge in [0.05, 0.1) is 27.5 Å². The average Bonchev–Trinajstić information content (AvgIpc) is 3.09. The Morgan fingerprint density at radius 2 is 1.81 bits per heavy atom. The molecule has 0 saturated carbocycles. The highest BCUT2D eigenvalue weighted by Gasteiger charge is 2.19. The summed E-state index contributed by atoms with van der Waals surface area (Å²) in [5.74, 6) is 0.115. The summed E-state index contributed by atoms with van der Waals surface area (Å²) in [6.07, 6.45) is 0. The SMILES string of the molecule is Cc1cccc(C(=O)N[C@H](C)c2nnc(SCC(=O)Nc3c(Cl)cc(Cl)cc3Cl)n2C)c1. The van der Waals surface area contributed by atoms with E-state index in [9.17, 15) is 9.59 Å². The second-order valence-corrected chi connectivity index (χ2v) is 9.24. The topological polar surface area (TPSA) is 88.9 Å². The molecule has 2 N–H and O–H groups in total. The molecule has 1 atom stereocenters. The largest absolute Gasteiger partial charge is 0.342 e. The van der Waals surface area contributed by atoms with Crippen molar-refractivity contribution in [2.75, 3.05) is 11.1 Å². The zero-order chi connectivity index (χ0) is 23.4. The number of benzene rings is 2. The molecule has 1 heterocycles. The minimum atomic E-state index is -0.379. The first kappa shape index (κ1) is 24.4. The molecule has 1 aromatic heterocycles. The Hall–Kier alpha value is -2.26. The van der Waals surface area contributed by atoms with Crippen molar-refractivity contribution in [2.24, 2.45) is 7.05 Å². The van der Waals surface area contributed by atoms with Gasteiger partial charge < -0.3 is 15.2 Å². The van der Waals surface area contributed by atoms with Gasteiger partial charge in [-0.05, 0) is 38.1 Å². The number of thioether (sulfide) groups is 1. The molecule has 7 nitrogen and oxygen atoms in total. The summed E-state index contributed by atoms with van der Waals surface area (Å²) in [5, 5.41) is 15.3. The fourth-order valence-electron chi connectivity index (χ4n) is 2.93. The van der Waals surface area contributed by atoms with Gasteiger partial charge in [-0.25, -0.2) is 0 Å². The molecule has 32 heavy (non-hydrogen) atoms. The van der Waals surface area contributed by atoms with Crippen LogP contribution in [0.2, 0.25) is 15.1 Å². The molecule has 0 radical (unpaired) electrons. The van der Waals surface area contributed by atoms with E-state index >= 15 is 0 Å². The number of aromatic nitrogens is 3. The van der Waals surface area contributed by atoms with Gasteiger partial charge in [-0.1, -0.05) is 64.3 Å². The molecule has 168 valence electrons. The summed E-state index contributed by atoms with van der Waals surface area (Å²) in [7, 11) is 1.78. The van der Waals surface area contributed by atoms with E-state index in [2.05, 4.69) is 20.8 Å². The Morgan fingerprint density at radius 1 is 1.12 bits per heavy atom. The van der Waals surface area contributed by atoms with Crippen LogP contribution in [0.5, 0.6) is 0 Å². The average molecular weight is 513 g/mol. The lowest BCUT2D eigenvalue weighted by Crippen LogP contribution is -2.28. The van der Waals surface area contributed by atoms with Gasteiger partial charge in [0.2, 0.25) is 5.91 Å². The van der Waals surface area contributed by atoms with Crippen molar-refractivity contribution < 1.29 is 9.59 Å². The summed E-state index contributed by atoms with van der Waals surface area (Å²) in [4.78, 5) is 24.9. The molecule has 0 fully saturated rings. The maximum Gasteiger partial charge on any atom is 0.251 e. The van der Waals surface area contributed by atoms with E-state index < -0.39 is 0 Å². The lowest BCUT2D eigenvalue weighted by Gasteiger charge is -2.14. The number of hydrogen-bond acceptors (Lipinski definition) is 5. The minimum absolute atomic E-state index is 0.0608. The fourth-order valence-corrected chi connectivity index (χ4v) is 4.56. The molecule has 2 amide bonds. The number of halogens is 3. The Kier molecular flexibility index (Phi) is 8.05. The number of carbonyl (C=O) groups excluding carboxylic acids is 2. The van der Waals surface area contributed by atoms with Crippen molar-refractivity contribution in [3.05, 3.63) is 68.4 Å². The first-order chi connectivity index (χ1) is 15.2. The predicted molar refractivity (Wildman–Crippen MR) is 129 cm³/mol. The van der Waals surface area contributed by atoms with E-state index in [1.165, 1.54) is 23.9 Å². The van der Waals surface area contributed by atoms with Crippen LogP contribution in [0.1, 0.15) is 34.7 Å². The highest BCUT2D eigenvalue weighted by atomic mass is 35.5. The molecule has 0 unspecified atom stereocenters. The van der Waals surface area contributed by atoms with E-state index in [0.29, 0.717) is 27.3 Å². The molecule has 3 rings (SSSR count). The van der Waals surface area contributed by atoms with E-state index in [1.54, 1.807) is 17.7 Å². The fraction of sp³-hybridized carbons (Fsp3) is 0.238. The van der Waals surface area contributed by atoms with Gasteiger partial charge in [-0.3, -0.25) is 9.59 Å². The predicted octanol–water partition coefficient (Wildman–Crippen LogP) is 5.31. The van der Waals surface area contributed by atoms with Crippen molar-refractivity contribution in [1.82, 2.24) is 20.1 Å². The minimum Gasteiger partial charge on any atom is -0.342 e. The Labute approximate surface area is 204 Å². The molecule has 0 saturated heterocycles. The van der Waals surface area contributed by atoms with Crippen LogP contribution in [0.15, 0.2) is 41.6 Å². The lowest BCUT2D eigenvalue weighted by atomic mass is 10.1. The van der Waals surface area contributed by atoms with E-state index in [4.69, 9.17) is 34.8 Å². The summed E-state index contributed by atoms with van der Waals surface area (Å²) in [6, 6.07) is 9.95. The molecule has 3 aromatic rings. The molecular formula is C21H20Cl3N5O2S. The number of carbonyl (C=O) groups is 2. The first-order valence-electron chi connectivity index (χ1n) is 9.49. The second-order valence-electron chi connectivity index (χ2n) is 7.05. The number of hydrogen-bond donors (Lipinski definition) is 2. The highest BCUT2D eigenvalue weighted by Crippen LogP contribution is 2.33. The van der Waals surface area contributed by atoms with Crippen LogP contribution < -0.4 is 10.6 Å². The van der Waals surface area contributed by atoms with Crippen molar-refractivity contribution in [3.8, 4) is 0 Å².